The minimum atomic E-state index is 0. The molecule has 0 amide bonds. The Hall–Kier alpha value is -0.120. The fourth-order valence-electron chi connectivity index (χ4n) is 4.89. The average Bonchev–Trinajstić information content (AvgIpc) is 2.59. The molecule has 1 spiro atoms. The number of nitrogens with one attached hydrogen (secondary N) is 2. The maximum atomic E-state index is 5.97. The maximum absolute atomic E-state index is 5.97. The van der Waals surface area contributed by atoms with Crippen LogP contribution in [0.25, 0.3) is 0 Å². The van der Waals surface area contributed by atoms with Gasteiger partial charge < -0.3 is 25.0 Å². The molecule has 0 aromatic rings. The second kappa shape index (κ2) is 11.3. The topological polar surface area (TPSA) is 58.1 Å². The van der Waals surface area contributed by atoms with Gasteiger partial charge in [-0.05, 0) is 52.9 Å². The van der Waals surface area contributed by atoms with Crippen molar-refractivity contribution in [1.29, 1.82) is 0 Å². The molecular weight excluding hydrogens is 467 g/mol. The lowest BCUT2D eigenvalue weighted by Crippen LogP contribution is -2.69. The van der Waals surface area contributed by atoms with Crippen molar-refractivity contribution in [2.75, 3.05) is 39.9 Å². The fraction of sp³-hybridized carbons (Fsp3) is 0.952. The molecule has 6 nitrogen and oxygen atoms in total. The van der Waals surface area contributed by atoms with E-state index < -0.39 is 0 Å². The van der Waals surface area contributed by atoms with Gasteiger partial charge in [-0.1, -0.05) is 6.42 Å². The zero-order chi connectivity index (χ0) is 19.3. The summed E-state index contributed by atoms with van der Waals surface area (Å²) in [6.07, 6.45) is 8.15. The minimum Gasteiger partial charge on any atom is -0.378 e. The molecule has 1 saturated heterocycles. The number of hydrogen-bond donors (Lipinski definition) is 2. The van der Waals surface area contributed by atoms with Gasteiger partial charge in [0.05, 0.1) is 18.8 Å². The van der Waals surface area contributed by atoms with Crippen molar-refractivity contribution in [3.63, 3.8) is 0 Å². The standard InChI is InChI=1S/C21H40N4O2.HI/c1-5-26-19-15-18(21(19)9-6-10-21)24-20(22-4)23-17-7-11-25(12-8-17)13-14-27-16(2)3;/h16-19H,5-15H2,1-4H3,(H2,22,23,24);1H. The second-order valence-electron chi connectivity index (χ2n) is 8.72. The molecule has 1 heterocycles. The minimum absolute atomic E-state index is 0. The zero-order valence-electron chi connectivity index (χ0n) is 18.2. The molecule has 2 saturated carbocycles. The molecular formula is C21H41IN4O2. The van der Waals surface area contributed by atoms with E-state index in [2.05, 4.69) is 41.3 Å². The van der Waals surface area contributed by atoms with Crippen LogP contribution in [0.1, 0.15) is 59.3 Å². The Morgan fingerprint density at radius 3 is 2.46 bits per heavy atom. The van der Waals surface area contributed by atoms with Crippen molar-refractivity contribution >= 4 is 29.9 Å². The van der Waals surface area contributed by atoms with Crippen LogP contribution < -0.4 is 10.6 Å². The number of ether oxygens (including phenoxy) is 2. The summed E-state index contributed by atoms with van der Waals surface area (Å²) in [6.45, 7) is 11.3. The number of hydrogen-bond acceptors (Lipinski definition) is 4. The van der Waals surface area contributed by atoms with Crippen LogP contribution in [0.4, 0.5) is 0 Å². The van der Waals surface area contributed by atoms with Gasteiger partial charge in [-0.3, -0.25) is 4.99 Å². The highest BCUT2D eigenvalue weighted by molar-refractivity contribution is 14.0. The first-order valence-corrected chi connectivity index (χ1v) is 11.0. The van der Waals surface area contributed by atoms with E-state index in [0.29, 0.717) is 29.7 Å². The van der Waals surface area contributed by atoms with Crippen LogP contribution in [0.15, 0.2) is 4.99 Å². The van der Waals surface area contributed by atoms with E-state index in [0.717, 1.165) is 45.2 Å². The van der Waals surface area contributed by atoms with Crippen molar-refractivity contribution in [3.05, 3.63) is 0 Å². The van der Waals surface area contributed by atoms with Crippen molar-refractivity contribution in [2.24, 2.45) is 10.4 Å². The third-order valence-corrected chi connectivity index (χ3v) is 6.76. The third-order valence-electron chi connectivity index (χ3n) is 6.76. The first-order chi connectivity index (χ1) is 13.1. The summed E-state index contributed by atoms with van der Waals surface area (Å²) in [5.74, 6) is 0.975. The SMILES string of the molecule is CCOC1CC(NC(=NC)NC2CCN(CCOC(C)C)CC2)C12CCC2.I. The first kappa shape index (κ1) is 24.2. The zero-order valence-corrected chi connectivity index (χ0v) is 20.5. The van der Waals surface area contributed by atoms with E-state index >= 15 is 0 Å². The Labute approximate surface area is 188 Å². The molecule has 2 aliphatic carbocycles. The van der Waals surface area contributed by atoms with Gasteiger partial charge in [0.25, 0.3) is 0 Å². The Kier molecular flexibility index (Phi) is 9.76. The first-order valence-electron chi connectivity index (χ1n) is 11.0. The molecule has 0 aromatic carbocycles. The largest absolute Gasteiger partial charge is 0.378 e. The van der Waals surface area contributed by atoms with Crippen LogP contribution >= 0.6 is 24.0 Å². The molecule has 3 rings (SSSR count). The van der Waals surface area contributed by atoms with E-state index in [1.54, 1.807) is 0 Å². The summed E-state index contributed by atoms with van der Waals surface area (Å²) in [5.41, 5.74) is 0.368. The molecule has 1 aliphatic heterocycles. The summed E-state index contributed by atoms with van der Waals surface area (Å²) >= 11 is 0. The van der Waals surface area contributed by atoms with Crippen LogP contribution in [-0.2, 0) is 9.47 Å². The molecule has 7 heteroatoms. The predicted octanol–water partition coefficient (Wildman–Crippen LogP) is 3.01. The molecule has 164 valence electrons. The number of guanidine groups is 1. The van der Waals surface area contributed by atoms with E-state index in [-0.39, 0.29) is 24.0 Å². The Morgan fingerprint density at radius 1 is 1.21 bits per heavy atom. The van der Waals surface area contributed by atoms with E-state index in [4.69, 9.17) is 9.47 Å². The van der Waals surface area contributed by atoms with E-state index in [9.17, 15) is 0 Å². The number of halogens is 1. The van der Waals surface area contributed by atoms with Crippen molar-refractivity contribution in [1.82, 2.24) is 15.5 Å². The highest BCUT2D eigenvalue weighted by atomic mass is 127. The Balaban J connectivity index is 0.00000280. The molecule has 2 N–H and O–H groups in total. The average molecular weight is 508 g/mol. The van der Waals surface area contributed by atoms with Crippen LogP contribution in [0, 0.1) is 5.41 Å². The molecule has 0 bridgehead atoms. The highest BCUT2D eigenvalue weighted by Gasteiger charge is 2.59. The summed E-state index contributed by atoms with van der Waals surface area (Å²) in [4.78, 5) is 7.02. The van der Waals surface area contributed by atoms with Crippen molar-refractivity contribution < 1.29 is 9.47 Å². The highest BCUT2D eigenvalue weighted by Crippen LogP contribution is 2.57. The number of piperidine rings is 1. The van der Waals surface area contributed by atoms with Gasteiger partial charge in [0.15, 0.2) is 5.96 Å². The molecule has 0 radical (unpaired) electrons. The predicted molar refractivity (Wildman–Crippen MR) is 126 cm³/mol. The van der Waals surface area contributed by atoms with Crippen LogP contribution in [0.3, 0.4) is 0 Å². The lowest BCUT2D eigenvalue weighted by Gasteiger charge is -2.61. The molecule has 3 fully saturated rings. The third kappa shape index (κ3) is 5.73. The van der Waals surface area contributed by atoms with Gasteiger partial charge in [0, 0.05) is 50.8 Å². The summed E-state index contributed by atoms with van der Waals surface area (Å²) in [6, 6.07) is 1.03. The fourth-order valence-corrected chi connectivity index (χ4v) is 4.89. The Bertz CT molecular complexity index is 491. The van der Waals surface area contributed by atoms with Crippen molar-refractivity contribution in [3.8, 4) is 0 Å². The molecule has 2 atom stereocenters. The smallest absolute Gasteiger partial charge is 0.191 e. The van der Waals surface area contributed by atoms with Gasteiger partial charge in [-0.25, -0.2) is 0 Å². The lowest BCUT2D eigenvalue weighted by molar-refractivity contribution is -0.168. The maximum Gasteiger partial charge on any atom is 0.191 e. The normalized spacial score (nSPS) is 27.8. The quantitative estimate of drug-likeness (QED) is 0.300. The number of aliphatic imine (C=N–C) groups is 1. The second-order valence-corrected chi connectivity index (χ2v) is 8.72. The number of likely N-dealkylation sites (tertiary alicyclic amines) is 1. The van der Waals surface area contributed by atoms with E-state index in [1.165, 1.54) is 32.1 Å². The van der Waals surface area contributed by atoms with Gasteiger partial charge in [0.1, 0.15) is 0 Å². The lowest BCUT2D eigenvalue weighted by atomic mass is 9.51. The van der Waals surface area contributed by atoms with Gasteiger partial charge in [-0.15, -0.1) is 24.0 Å². The molecule has 28 heavy (non-hydrogen) atoms. The molecule has 0 aromatic heterocycles. The summed E-state index contributed by atoms with van der Waals surface area (Å²) in [5, 5.41) is 7.39. The number of nitrogens with zero attached hydrogens (tertiary/aromatic N) is 2. The summed E-state index contributed by atoms with van der Waals surface area (Å²) < 4.78 is 11.7. The number of rotatable bonds is 8. The van der Waals surface area contributed by atoms with Gasteiger partial charge in [0.2, 0.25) is 0 Å². The van der Waals surface area contributed by atoms with Crippen LogP contribution in [-0.4, -0.2) is 75.0 Å². The van der Waals surface area contributed by atoms with Gasteiger partial charge in [-0.2, -0.15) is 0 Å². The molecule has 2 unspecified atom stereocenters. The van der Waals surface area contributed by atoms with Crippen molar-refractivity contribution in [2.45, 2.75) is 83.6 Å². The van der Waals surface area contributed by atoms with Crippen LogP contribution in [0.5, 0.6) is 0 Å². The molecule has 3 aliphatic rings. The van der Waals surface area contributed by atoms with E-state index in [1.807, 2.05) is 7.05 Å². The van der Waals surface area contributed by atoms with Gasteiger partial charge >= 0.3 is 0 Å². The Morgan fingerprint density at radius 2 is 1.93 bits per heavy atom. The van der Waals surface area contributed by atoms with Crippen LogP contribution in [0.2, 0.25) is 0 Å². The summed E-state index contributed by atoms with van der Waals surface area (Å²) in [7, 11) is 1.89. The monoisotopic (exact) mass is 508 g/mol.